The maximum atomic E-state index is 12.4. The zero-order valence-electron chi connectivity index (χ0n) is 13.4. The maximum absolute atomic E-state index is 12.4. The summed E-state index contributed by atoms with van der Waals surface area (Å²) in [4.78, 5) is 32.0. The highest BCUT2D eigenvalue weighted by molar-refractivity contribution is 5.93. The SMILES string of the molecule is O=C(CCn1cnc2ccccc2c1=O)Nc1ccc2[nH]ccc2c1. The third-order valence-electron chi connectivity index (χ3n) is 4.15. The van der Waals surface area contributed by atoms with Gasteiger partial charge in [-0.15, -0.1) is 0 Å². The molecule has 2 N–H and O–H groups in total. The van der Waals surface area contributed by atoms with Gasteiger partial charge in [0.2, 0.25) is 5.91 Å². The van der Waals surface area contributed by atoms with Gasteiger partial charge in [0.05, 0.1) is 17.2 Å². The van der Waals surface area contributed by atoms with Crippen molar-refractivity contribution in [3.8, 4) is 0 Å². The molecule has 0 unspecified atom stereocenters. The van der Waals surface area contributed by atoms with Gasteiger partial charge >= 0.3 is 0 Å². The van der Waals surface area contributed by atoms with Crippen LogP contribution in [0.5, 0.6) is 0 Å². The van der Waals surface area contributed by atoms with Gasteiger partial charge in [-0.1, -0.05) is 12.1 Å². The molecular weight excluding hydrogens is 316 g/mol. The summed E-state index contributed by atoms with van der Waals surface area (Å²) in [5.74, 6) is -0.144. The number of nitrogens with zero attached hydrogens (tertiary/aromatic N) is 2. The van der Waals surface area contributed by atoms with E-state index in [1.807, 2.05) is 36.5 Å². The highest BCUT2D eigenvalue weighted by Gasteiger charge is 2.07. The predicted molar refractivity (Wildman–Crippen MR) is 97.5 cm³/mol. The van der Waals surface area contributed by atoms with Gasteiger partial charge in [-0.25, -0.2) is 4.98 Å². The van der Waals surface area contributed by atoms with Gasteiger partial charge in [-0.05, 0) is 36.4 Å². The highest BCUT2D eigenvalue weighted by atomic mass is 16.1. The third kappa shape index (κ3) is 3.01. The minimum absolute atomic E-state index is 0.132. The second-order valence-corrected chi connectivity index (χ2v) is 5.84. The summed E-state index contributed by atoms with van der Waals surface area (Å²) in [6.07, 6.45) is 3.55. The Morgan fingerprint density at radius 1 is 1.16 bits per heavy atom. The monoisotopic (exact) mass is 332 g/mol. The van der Waals surface area contributed by atoms with Crippen molar-refractivity contribution in [2.75, 3.05) is 5.32 Å². The van der Waals surface area contributed by atoms with Gasteiger partial charge in [-0.2, -0.15) is 0 Å². The zero-order valence-corrected chi connectivity index (χ0v) is 13.4. The topological polar surface area (TPSA) is 79.8 Å². The lowest BCUT2D eigenvalue weighted by Crippen LogP contribution is -2.23. The summed E-state index contributed by atoms with van der Waals surface area (Å²) >= 11 is 0. The minimum Gasteiger partial charge on any atom is -0.361 e. The van der Waals surface area contributed by atoms with Gasteiger partial charge in [0.1, 0.15) is 0 Å². The molecule has 4 aromatic rings. The van der Waals surface area contributed by atoms with Crippen molar-refractivity contribution in [2.45, 2.75) is 13.0 Å². The average Bonchev–Trinajstić information content (AvgIpc) is 3.09. The number of carbonyl (C=O) groups excluding carboxylic acids is 1. The first-order valence-corrected chi connectivity index (χ1v) is 8.02. The number of aromatic amines is 1. The number of benzene rings is 2. The molecule has 0 atom stereocenters. The molecule has 0 fully saturated rings. The Balaban J connectivity index is 1.46. The molecule has 0 radical (unpaired) electrons. The van der Waals surface area contributed by atoms with Crippen molar-refractivity contribution in [3.63, 3.8) is 0 Å². The number of carbonyl (C=O) groups is 1. The van der Waals surface area contributed by atoms with Crippen molar-refractivity contribution in [1.29, 1.82) is 0 Å². The van der Waals surface area contributed by atoms with E-state index in [0.29, 0.717) is 10.9 Å². The first-order valence-electron chi connectivity index (χ1n) is 8.02. The number of rotatable bonds is 4. The van der Waals surface area contributed by atoms with Crippen molar-refractivity contribution in [2.24, 2.45) is 0 Å². The number of para-hydroxylation sites is 1. The minimum atomic E-state index is -0.144. The Kier molecular flexibility index (Phi) is 3.78. The number of nitrogens with one attached hydrogen (secondary N) is 2. The highest BCUT2D eigenvalue weighted by Crippen LogP contribution is 2.17. The fourth-order valence-corrected chi connectivity index (χ4v) is 2.84. The molecule has 1 amide bonds. The average molecular weight is 332 g/mol. The van der Waals surface area contributed by atoms with E-state index in [0.717, 1.165) is 16.6 Å². The third-order valence-corrected chi connectivity index (χ3v) is 4.15. The van der Waals surface area contributed by atoms with Gasteiger partial charge in [0.15, 0.2) is 0 Å². The molecule has 0 saturated carbocycles. The van der Waals surface area contributed by atoms with Gasteiger partial charge in [0.25, 0.3) is 5.56 Å². The van der Waals surface area contributed by atoms with E-state index in [4.69, 9.17) is 0 Å². The second-order valence-electron chi connectivity index (χ2n) is 5.84. The number of aryl methyl sites for hydroxylation is 1. The van der Waals surface area contributed by atoms with Crippen molar-refractivity contribution in [1.82, 2.24) is 14.5 Å². The normalized spacial score (nSPS) is 11.0. The van der Waals surface area contributed by atoms with Crippen LogP contribution in [0.3, 0.4) is 0 Å². The summed E-state index contributed by atoms with van der Waals surface area (Å²) in [7, 11) is 0. The van der Waals surface area contributed by atoms with Crippen molar-refractivity contribution >= 4 is 33.4 Å². The molecule has 0 aliphatic rings. The maximum Gasteiger partial charge on any atom is 0.261 e. The fraction of sp³-hybridized carbons (Fsp3) is 0.105. The Morgan fingerprint density at radius 3 is 2.96 bits per heavy atom. The van der Waals surface area contributed by atoms with Crippen LogP contribution in [0, 0.1) is 0 Å². The molecule has 0 aliphatic carbocycles. The molecule has 4 rings (SSSR count). The summed E-state index contributed by atoms with van der Waals surface area (Å²) in [6.45, 7) is 0.287. The molecule has 0 spiro atoms. The molecule has 0 aliphatic heterocycles. The molecule has 0 saturated heterocycles. The van der Waals surface area contributed by atoms with Gasteiger partial charge < -0.3 is 10.3 Å². The summed E-state index contributed by atoms with van der Waals surface area (Å²) < 4.78 is 1.47. The molecule has 2 aromatic carbocycles. The molecule has 2 aromatic heterocycles. The Morgan fingerprint density at radius 2 is 2.04 bits per heavy atom. The van der Waals surface area contributed by atoms with E-state index in [-0.39, 0.29) is 24.4 Å². The zero-order chi connectivity index (χ0) is 17.2. The predicted octanol–water partition coefficient (Wildman–Crippen LogP) is 2.91. The van der Waals surface area contributed by atoms with Crippen LogP contribution in [0.15, 0.2) is 65.8 Å². The number of aromatic nitrogens is 3. The lowest BCUT2D eigenvalue weighted by Gasteiger charge is -2.08. The number of amides is 1. The number of hydrogen-bond donors (Lipinski definition) is 2. The summed E-state index contributed by atoms with van der Waals surface area (Å²) in [5.41, 5.74) is 2.29. The summed E-state index contributed by atoms with van der Waals surface area (Å²) in [5, 5.41) is 4.46. The lowest BCUT2D eigenvalue weighted by molar-refractivity contribution is -0.116. The fourth-order valence-electron chi connectivity index (χ4n) is 2.84. The van der Waals surface area contributed by atoms with E-state index in [1.54, 1.807) is 18.2 Å². The standard InChI is InChI=1S/C19H16N4O2/c24-18(22-14-5-6-16-13(11-14)7-9-20-16)8-10-23-12-21-17-4-2-1-3-15(17)19(23)25/h1-7,9,11-12,20H,8,10H2,(H,22,24). The van der Waals surface area contributed by atoms with Crippen LogP contribution >= 0.6 is 0 Å². The molecule has 2 heterocycles. The smallest absolute Gasteiger partial charge is 0.261 e. The van der Waals surface area contributed by atoms with Crippen LogP contribution in [0.25, 0.3) is 21.8 Å². The van der Waals surface area contributed by atoms with Crippen LogP contribution < -0.4 is 10.9 Å². The van der Waals surface area contributed by atoms with Gasteiger partial charge in [0, 0.05) is 35.8 Å². The van der Waals surface area contributed by atoms with E-state index in [1.165, 1.54) is 10.9 Å². The van der Waals surface area contributed by atoms with Crippen LogP contribution in [-0.2, 0) is 11.3 Å². The van der Waals surface area contributed by atoms with Crippen LogP contribution in [0.4, 0.5) is 5.69 Å². The molecule has 0 bridgehead atoms. The van der Waals surface area contributed by atoms with E-state index in [2.05, 4.69) is 15.3 Å². The molecule has 6 nitrogen and oxygen atoms in total. The van der Waals surface area contributed by atoms with Crippen LogP contribution in [0.2, 0.25) is 0 Å². The molecule has 124 valence electrons. The number of fused-ring (bicyclic) bond motifs is 2. The quantitative estimate of drug-likeness (QED) is 0.603. The lowest BCUT2D eigenvalue weighted by atomic mass is 10.2. The Labute approximate surface area is 143 Å². The van der Waals surface area contributed by atoms with Gasteiger partial charge in [-0.3, -0.25) is 14.2 Å². The molecular formula is C19H16N4O2. The van der Waals surface area contributed by atoms with E-state index >= 15 is 0 Å². The number of H-pyrrole nitrogens is 1. The summed E-state index contributed by atoms with van der Waals surface area (Å²) in [6, 6.07) is 14.8. The number of hydrogen-bond acceptors (Lipinski definition) is 3. The first kappa shape index (κ1) is 15.1. The number of anilines is 1. The Bertz CT molecular complexity index is 1130. The largest absolute Gasteiger partial charge is 0.361 e. The van der Waals surface area contributed by atoms with E-state index in [9.17, 15) is 9.59 Å². The first-order chi connectivity index (χ1) is 12.2. The molecule has 25 heavy (non-hydrogen) atoms. The van der Waals surface area contributed by atoms with Crippen LogP contribution in [0.1, 0.15) is 6.42 Å². The van der Waals surface area contributed by atoms with Crippen LogP contribution in [-0.4, -0.2) is 20.4 Å². The van der Waals surface area contributed by atoms with Crippen molar-refractivity contribution < 1.29 is 4.79 Å². The Hall–Kier alpha value is -3.41. The van der Waals surface area contributed by atoms with E-state index < -0.39 is 0 Å². The molecule has 6 heteroatoms. The van der Waals surface area contributed by atoms with Crippen molar-refractivity contribution in [3.05, 3.63) is 71.4 Å². The second kappa shape index (κ2) is 6.24.